The minimum absolute atomic E-state index is 0.232. The standard InChI is InChI=1S/C26H24N4O3/c1-17(2)16-33-22-10-11-24-23(14-22)26(32)30(18(3)29-24)21-9-6-7-19(13-21)25(31)28-15-20-8-4-5-12-27-20/h4-14H,1,15-16H2,2-3H3,(H,28,31). The zero-order valence-corrected chi connectivity index (χ0v) is 18.5. The van der Waals surface area contributed by atoms with Crippen LogP contribution >= 0.6 is 0 Å². The molecule has 7 heteroatoms. The van der Waals surface area contributed by atoms with Gasteiger partial charge in [0.1, 0.15) is 18.2 Å². The third-order valence-corrected chi connectivity index (χ3v) is 5.02. The second-order valence-corrected chi connectivity index (χ2v) is 7.78. The van der Waals surface area contributed by atoms with Gasteiger partial charge in [-0.05, 0) is 68.0 Å². The number of hydrogen-bond donors (Lipinski definition) is 1. The van der Waals surface area contributed by atoms with Gasteiger partial charge in [0, 0.05) is 11.8 Å². The first-order chi connectivity index (χ1) is 15.9. The van der Waals surface area contributed by atoms with Crippen molar-refractivity contribution in [2.75, 3.05) is 6.61 Å². The van der Waals surface area contributed by atoms with Gasteiger partial charge in [0.2, 0.25) is 0 Å². The molecule has 0 saturated heterocycles. The highest BCUT2D eigenvalue weighted by molar-refractivity contribution is 5.94. The van der Waals surface area contributed by atoms with Crippen molar-refractivity contribution < 1.29 is 9.53 Å². The van der Waals surface area contributed by atoms with Gasteiger partial charge in [0.15, 0.2) is 0 Å². The molecule has 0 aliphatic heterocycles. The Kier molecular flexibility index (Phi) is 6.31. The molecule has 0 atom stereocenters. The number of pyridine rings is 1. The lowest BCUT2D eigenvalue weighted by Crippen LogP contribution is -2.25. The van der Waals surface area contributed by atoms with Crippen LogP contribution in [-0.4, -0.2) is 27.0 Å². The molecule has 0 spiro atoms. The molecule has 2 heterocycles. The van der Waals surface area contributed by atoms with E-state index in [1.807, 2.05) is 25.1 Å². The Hall–Kier alpha value is -4.26. The normalized spacial score (nSPS) is 10.7. The molecule has 4 aromatic rings. The summed E-state index contributed by atoms with van der Waals surface area (Å²) in [6.45, 7) is 8.15. The molecule has 0 aliphatic rings. The van der Waals surface area contributed by atoms with E-state index in [0.717, 1.165) is 11.3 Å². The summed E-state index contributed by atoms with van der Waals surface area (Å²) in [6, 6.07) is 17.7. The lowest BCUT2D eigenvalue weighted by molar-refractivity contribution is 0.0950. The first kappa shape index (κ1) is 22.0. The maximum atomic E-state index is 13.4. The lowest BCUT2D eigenvalue weighted by Gasteiger charge is -2.13. The summed E-state index contributed by atoms with van der Waals surface area (Å²) in [5, 5.41) is 3.29. The fraction of sp³-hybridized carbons (Fsp3) is 0.154. The Labute approximate surface area is 191 Å². The average Bonchev–Trinajstić information content (AvgIpc) is 2.82. The largest absolute Gasteiger partial charge is 0.489 e. The van der Waals surface area contributed by atoms with Crippen LogP contribution < -0.4 is 15.6 Å². The first-order valence-corrected chi connectivity index (χ1v) is 10.5. The Morgan fingerprint density at radius 1 is 1.12 bits per heavy atom. The number of aromatic nitrogens is 3. The summed E-state index contributed by atoms with van der Waals surface area (Å²) in [5.74, 6) is 0.842. The minimum Gasteiger partial charge on any atom is -0.489 e. The molecule has 0 aliphatic carbocycles. The molecule has 33 heavy (non-hydrogen) atoms. The molecule has 2 aromatic carbocycles. The third kappa shape index (κ3) is 4.98. The summed E-state index contributed by atoms with van der Waals surface area (Å²) in [5.41, 5.74) is 2.99. The van der Waals surface area contributed by atoms with E-state index in [0.29, 0.717) is 46.9 Å². The van der Waals surface area contributed by atoms with Gasteiger partial charge >= 0.3 is 0 Å². The smallest absolute Gasteiger partial charge is 0.266 e. The molecule has 0 saturated carbocycles. The van der Waals surface area contributed by atoms with Gasteiger partial charge in [0.05, 0.1) is 28.8 Å². The summed E-state index contributed by atoms with van der Waals surface area (Å²) in [6.07, 6.45) is 1.68. The van der Waals surface area contributed by atoms with Crippen LogP contribution in [0.2, 0.25) is 0 Å². The molecule has 0 unspecified atom stereocenters. The number of benzene rings is 2. The van der Waals surface area contributed by atoms with Gasteiger partial charge in [-0.15, -0.1) is 0 Å². The zero-order chi connectivity index (χ0) is 23.4. The van der Waals surface area contributed by atoms with Crippen LogP contribution in [0.1, 0.15) is 28.8 Å². The summed E-state index contributed by atoms with van der Waals surface area (Å²) in [4.78, 5) is 34.9. The average molecular weight is 441 g/mol. The summed E-state index contributed by atoms with van der Waals surface area (Å²) in [7, 11) is 0. The molecular weight excluding hydrogens is 416 g/mol. The highest BCUT2D eigenvalue weighted by Crippen LogP contribution is 2.19. The zero-order valence-electron chi connectivity index (χ0n) is 18.5. The maximum absolute atomic E-state index is 13.4. The van der Waals surface area contributed by atoms with Crippen molar-refractivity contribution >= 4 is 16.8 Å². The number of ether oxygens (including phenoxy) is 1. The predicted molar refractivity (Wildman–Crippen MR) is 128 cm³/mol. The molecule has 4 rings (SSSR count). The second kappa shape index (κ2) is 9.48. The van der Waals surface area contributed by atoms with E-state index in [-0.39, 0.29) is 11.5 Å². The van der Waals surface area contributed by atoms with Crippen molar-refractivity contribution in [2.24, 2.45) is 0 Å². The fourth-order valence-electron chi connectivity index (χ4n) is 3.44. The highest BCUT2D eigenvalue weighted by atomic mass is 16.5. The van der Waals surface area contributed by atoms with E-state index in [2.05, 4.69) is 21.9 Å². The quantitative estimate of drug-likeness (QED) is 0.440. The van der Waals surface area contributed by atoms with E-state index in [1.165, 1.54) is 4.57 Å². The van der Waals surface area contributed by atoms with E-state index >= 15 is 0 Å². The van der Waals surface area contributed by atoms with Crippen LogP contribution in [0.3, 0.4) is 0 Å². The van der Waals surface area contributed by atoms with E-state index in [4.69, 9.17) is 4.74 Å². The van der Waals surface area contributed by atoms with E-state index < -0.39 is 0 Å². The lowest BCUT2D eigenvalue weighted by atomic mass is 10.1. The molecule has 2 aromatic heterocycles. The number of hydrogen-bond acceptors (Lipinski definition) is 5. The summed E-state index contributed by atoms with van der Waals surface area (Å²) >= 11 is 0. The second-order valence-electron chi connectivity index (χ2n) is 7.78. The molecule has 1 N–H and O–H groups in total. The van der Waals surface area contributed by atoms with Crippen LogP contribution in [0.4, 0.5) is 0 Å². The van der Waals surface area contributed by atoms with Gasteiger partial charge in [-0.25, -0.2) is 4.98 Å². The van der Waals surface area contributed by atoms with E-state index in [9.17, 15) is 9.59 Å². The maximum Gasteiger partial charge on any atom is 0.266 e. The summed E-state index contributed by atoms with van der Waals surface area (Å²) < 4.78 is 7.19. The first-order valence-electron chi connectivity index (χ1n) is 10.5. The molecule has 0 fully saturated rings. The van der Waals surface area contributed by atoms with Crippen LogP contribution in [-0.2, 0) is 6.54 Å². The third-order valence-electron chi connectivity index (χ3n) is 5.02. The van der Waals surface area contributed by atoms with Gasteiger partial charge in [-0.1, -0.05) is 18.7 Å². The van der Waals surface area contributed by atoms with Crippen molar-refractivity contribution in [3.8, 4) is 11.4 Å². The van der Waals surface area contributed by atoms with Crippen molar-refractivity contribution in [1.29, 1.82) is 0 Å². The predicted octanol–water partition coefficient (Wildman–Crippen LogP) is 3.97. The Morgan fingerprint density at radius 3 is 2.73 bits per heavy atom. The number of nitrogens with one attached hydrogen (secondary N) is 1. The molecule has 7 nitrogen and oxygen atoms in total. The number of carbonyl (C=O) groups excluding carboxylic acids is 1. The Bertz CT molecular complexity index is 1390. The molecule has 166 valence electrons. The Balaban J connectivity index is 1.66. The Morgan fingerprint density at radius 2 is 1.97 bits per heavy atom. The number of nitrogens with zero attached hydrogens (tertiary/aromatic N) is 3. The van der Waals surface area contributed by atoms with Crippen molar-refractivity contribution in [3.05, 3.63) is 106 Å². The minimum atomic E-state index is -0.252. The monoisotopic (exact) mass is 440 g/mol. The highest BCUT2D eigenvalue weighted by Gasteiger charge is 2.13. The van der Waals surface area contributed by atoms with Crippen LogP contribution in [0.15, 0.2) is 83.8 Å². The number of carbonyl (C=O) groups is 1. The van der Waals surface area contributed by atoms with Gasteiger partial charge in [0.25, 0.3) is 11.5 Å². The molecule has 1 amide bonds. The van der Waals surface area contributed by atoms with Crippen LogP contribution in [0.25, 0.3) is 16.6 Å². The number of aryl methyl sites for hydroxylation is 1. The molecular formula is C26H24N4O3. The van der Waals surface area contributed by atoms with Crippen LogP contribution in [0, 0.1) is 6.92 Å². The van der Waals surface area contributed by atoms with Gasteiger partial charge in [-0.3, -0.25) is 19.1 Å². The van der Waals surface area contributed by atoms with Crippen LogP contribution in [0.5, 0.6) is 5.75 Å². The number of rotatable bonds is 7. The topological polar surface area (TPSA) is 86.1 Å². The van der Waals surface area contributed by atoms with Crippen molar-refractivity contribution in [3.63, 3.8) is 0 Å². The van der Waals surface area contributed by atoms with Gasteiger partial charge in [-0.2, -0.15) is 0 Å². The molecule has 0 bridgehead atoms. The number of amides is 1. The van der Waals surface area contributed by atoms with Crippen molar-refractivity contribution in [1.82, 2.24) is 19.9 Å². The van der Waals surface area contributed by atoms with Gasteiger partial charge < -0.3 is 10.1 Å². The number of fused-ring (bicyclic) bond motifs is 1. The fourth-order valence-corrected chi connectivity index (χ4v) is 3.44. The molecule has 0 radical (unpaired) electrons. The SMILES string of the molecule is C=C(C)COc1ccc2nc(C)n(-c3cccc(C(=O)NCc4ccccn4)c3)c(=O)c2c1. The van der Waals surface area contributed by atoms with Crippen molar-refractivity contribution in [2.45, 2.75) is 20.4 Å². The van der Waals surface area contributed by atoms with E-state index in [1.54, 1.807) is 55.6 Å².